The molecule has 0 amide bonds. The summed E-state index contributed by atoms with van der Waals surface area (Å²) in [6, 6.07) is 14.1. The minimum absolute atomic E-state index is 0.00345. The van der Waals surface area contributed by atoms with Crippen molar-refractivity contribution in [2.24, 2.45) is 4.99 Å². The van der Waals surface area contributed by atoms with Crippen molar-refractivity contribution in [3.8, 4) is 0 Å². The number of rotatable bonds is 3. The van der Waals surface area contributed by atoms with Gasteiger partial charge in [0.05, 0.1) is 9.46 Å². The van der Waals surface area contributed by atoms with E-state index in [4.69, 9.17) is 0 Å². The van der Waals surface area contributed by atoms with E-state index in [-0.39, 0.29) is 11.2 Å². The highest BCUT2D eigenvalue weighted by Crippen LogP contribution is 2.19. The van der Waals surface area contributed by atoms with Crippen LogP contribution < -0.4 is 19.8 Å². The summed E-state index contributed by atoms with van der Waals surface area (Å²) in [6.07, 6.45) is 1.67. The molecule has 1 aromatic heterocycles. The molecular weight excluding hydrogens is 432 g/mol. The van der Waals surface area contributed by atoms with E-state index in [1.165, 1.54) is 23.5 Å². The number of non-ortho nitro benzene ring substituents is 1. The molecule has 0 bridgehead atoms. The molecule has 1 aliphatic heterocycles. The SMILES string of the molecule is O=c1c(=Cc2cccc([N+](=O)[O-])c2)sc2n1CN(c1ccc(Br)cc1)CN=2. The van der Waals surface area contributed by atoms with Crippen LogP contribution in [0.4, 0.5) is 11.4 Å². The predicted molar refractivity (Wildman–Crippen MR) is 108 cm³/mol. The maximum absolute atomic E-state index is 12.8. The summed E-state index contributed by atoms with van der Waals surface area (Å²) in [7, 11) is 0. The molecule has 0 N–H and O–H groups in total. The second-order valence-corrected chi connectivity index (χ2v) is 7.86. The normalized spacial score (nSPS) is 14.0. The molecule has 7 nitrogen and oxygen atoms in total. The van der Waals surface area contributed by atoms with Crippen LogP contribution in [0.2, 0.25) is 0 Å². The Morgan fingerprint density at radius 3 is 2.74 bits per heavy atom. The highest BCUT2D eigenvalue weighted by molar-refractivity contribution is 9.10. The molecule has 0 fully saturated rings. The summed E-state index contributed by atoms with van der Waals surface area (Å²) in [4.78, 5) is 30.4. The topological polar surface area (TPSA) is 80.7 Å². The summed E-state index contributed by atoms with van der Waals surface area (Å²) in [5.74, 6) is 0. The van der Waals surface area contributed by atoms with Gasteiger partial charge in [0.25, 0.3) is 11.2 Å². The summed E-state index contributed by atoms with van der Waals surface area (Å²) < 4.78 is 3.12. The quantitative estimate of drug-likeness (QED) is 0.458. The molecule has 27 heavy (non-hydrogen) atoms. The van der Waals surface area contributed by atoms with Gasteiger partial charge in [-0.2, -0.15) is 0 Å². The fourth-order valence-electron chi connectivity index (χ4n) is 2.81. The van der Waals surface area contributed by atoms with Gasteiger partial charge in [-0.3, -0.25) is 19.5 Å². The molecule has 9 heteroatoms. The molecule has 0 saturated carbocycles. The first-order chi connectivity index (χ1) is 13.0. The van der Waals surface area contributed by atoms with E-state index in [1.807, 2.05) is 29.2 Å². The van der Waals surface area contributed by atoms with Crippen molar-refractivity contribution in [1.82, 2.24) is 4.57 Å². The number of halogens is 1. The third-order valence-corrected chi connectivity index (χ3v) is 5.72. The summed E-state index contributed by atoms with van der Waals surface area (Å²) in [5.41, 5.74) is 1.45. The van der Waals surface area contributed by atoms with Crippen molar-refractivity contribution in [3.05, 3.63) is 88.4 Å². The first kappa shape index (κ1) is 17.6. The predicted octanol–water partition coefficient (Wildman–Crippen LogP) is 2.46. The lowest BCUT2D eigenvalue weighted by molar-refractivity contribution is -0.384. The Kier molecular flexibility index (Phi) is 4.63. The number of nitrogens with zero attached hydrogens (tertiary/aromatic N) is 4. The number of nitro benzene ring substituents is 1. The molecule has 136 valence electrons. The van der Waals surface area contributed by atoms with E-state index < -0.39 is 4.92 Å². The fraction of sp³-hybridized carbons (Fsp3) is 0.111. The van der Waals surface area contributed by atoms with Crippen LogP contribution in [0.1, 0.15) is 5.56 Å². The van der Waals surface area contributed by atoms with E-state index in [0.717, 1.165) is 10.2 Å². The van der Waals surface area contributed by atoms with Crippen molar-refractivity contribution in [1.29, 1.82) is 0 Å². The maximum atomic E-state index is 12.8. The molecule has 0 radical (unpaired) electrons. The van der Waals surface area contributed by atoms with E-state index in [9.17, 15) is 14.9 Å². The number of hydrogen-bond donors (Lipinski definition) is 0. The molecule has 1 aliphatic rings. The summed E-state index contributed by atoms with van der Waals surface area (Å²) in [6.45, 7) is 0.885. The van der Waals surface area contributed by atoms with E-state index in [1.54, 1.807) is 22.8 Å². The van der Waals surface area contributed by atoms with Crippen molar-refractivity contribution in [3.63, 3.8) is 0 Å². The van der Waals surface area contributed by atoms with Gasteiger partial charge in [0.1, 0.15) is 13.3 Å². The van der Waals surface area contributed by atoms with Crippen molar-refractivity contribution >= 4 is 44.7 Å². The van der Waals surface area contributed by atoms with Crippen LogP contribution in [-0.2, 0) is 6.67 Å². The average molecular weight is 445 g/mol. The zero-order chi connectivity index (χ0) is 19.0. The standard InChI is InChI=1S/C18H13BrN4O3S/c19-13-4-6-14(7-5-13)21-10-20-18-22(11-21)17(24)16(27-18)9-12-2-1-3-15(8-12)23(25)26/h1-9H,10-11H2. The Morgan fingerprint density at radius 2 is 2.00 bits per heavy atom. The van der Waals surface area contributed by atoms with Crippen molar-refractivity contribution in [2.45, 2.75) is 6.67 Å². The Labute approximate surface area is 165 Å². The minimum atomic E-state index is -0.449. The number of aromatic nitrogens is 1. The van der Waals surface area contributed by atoms with E-state index in [2.05, 4.69) is 20.9 Å². The maximum Gasteiger partial charge on any atom is 0.271 e. The third-order valence-electron chi connectivity index (χ3n) is 4.15. The second kappa shape index (κ2) is 7.09. The lowest BCUT2D eigenvalue weighted by Gasteiger charge is -2.25. The lowest BCUT2D eigenvalue weighted by Crippen LogP contribution is -2.42. The minimum Gasteiger partial charge on any atom is -0.334 e. The number of benzene rings is 2. The molecule has 0 saturated heterocycles. The molecule has 0 atom stereocenters. The van der Waals surface area contributed by atoms with Gasteiger partial charge in [0.15, 0.2) is 4.80 Å². The van der Waals surface area contributed by atoms with E-state index >= 15 is 0 Å². The molecule has 2 heterocycles. The summed E-state index contributed by atoms with van der Waals surface area (Å²) >= 11 is 4.71. The first-order valence-corrected chi connectivity index (χ1v) is 9.63. The first-order valence-electron chi connectivity index (χ1n) is 8.02. The highest BCUT2D eigenvalue weighted by Gasteiger charge is 2.16. The van der Waals surface area contributed by atoms with Crippen LogP contribution in [-0.4, -0.2) is 16.2 Å². The van der Waals surface area contributed by atoms with Gasteiger partial charge in [0.2, 0.25) is 0 Å². The van der Waals surface area contributed by atoms with Crippen LogP contribution in [0.15, 0.2) is 62.8 Å². The monoisotopic (exact) mass is 444 g/mol. The zero-order valence-corrected chi connectivity index (χ0v) is 16.3. The molecular formula is C18H13BrN4O3S. The largest absolute Gasteiger partial charge is 0.334 e. The smallest absolute Gasteiger partial charge is 0.271 e. The van der Waals surface area contributed by atoms with Gasteiger partial charge in [-0.15, -0.1) is 0 Å². The molecule has 0 aliphatic carbocycles. The van der Waals surface area contributed by atoms with Crippen LogP contribution >= 0.6 is 27.3 Å². The Bertz CT molecular complexity index is 1200. The van der Waals surface area contributed by atoms with Gasteiger partial charge in [-0.05, 0) is 35.9 Å². The third kappa shape index (κ3) is 3.56. The fourth-order valence-corrected chi connectivity index (χ4v) is 4.03. The van der Waals surface area contributed by atoms with Gasteiger partial charge >= 0.3 is 0 Å². The van der Waals surface area contributed by atoms with Gasteiger partial charge < -0.3 is 4.90 Å². The van der Waals surface area contributed by atoms with Gasteiger partial charge in [0, 0.05) is 22.3 Å². The van der Waals surface area contributed by atoms with Crippen LogP contribution in [0.5, 0.6) is 0 Å². The Balaban J connectivity index is 1.70. The molecule has 0 unspecified atom stereocenters. The number of nitro groups is 1. The molecule has 2 aromatic carbocycles. The number of anilines is 1. The van der Waals surface area contributed by atoms with Crippen molar-refractivity contribution in [2.75, 3.05) is 11.6 Å². The average Bonchev–Trinajstić information content (AvgIpc) is 2.98. The summed E-state index contributed by atoms with van der Waals surface area (Å²) in [5, 5.41) is 10.9. The number of fused-ring (bicyclic) bond motifs is 1. The second-order valence-electron chi connectivity index (χ2n) is 5.94. The van der Waals surface area contributed by atoms with Crippen LogP contribution in [0.3, 0.4) is 0 Å². The lowest BCUT2D eigenvalue weighted by atomic mass is 10.2. The number of hydrogen-bond acceptors (Lipinski definition) is 6. The zero-order valence-electron chi connectivity index (χ0n) is 13.9. The molecule has 4 rings (SSSR count). The Hall–Kier alpha value is -2.78. The molecule has 0 spiro atoms. The van der Waals surface area contributed by atoms with E-state index in [0.29, 0.717) is 28.2 Å². The molecule has 3 aromatic rings. The number of thiazole rings is 1. The van der Waals surface area contributed by atoms with Crippen molar-refractivity contribution < 1.29 is 4.92 Å². The van der Waals surface area contributed by atoms with Crippen LogP contribution in [0, 0.1) is 10.1 Å². The van der Waals surface area contributed by atoms with Crippen LogP contribution in [0.25, 0.3) is 6.08 Å². The van der Waals surface area contributed by atoms with Gasteiger partial charge in [-0.25, -0.2) is 4.99 Å². The Morgan fingerprint density at radius 1 is 1.22 bits per heavy atom. The highest BCUT2D eigenvalue weighted by atomic mass is 79.9. The van der Waals surface area contributed by atoms with Gasteiger partial charge in [-0.1, -0.05) is 39.4 Å².